The summed E-state index contributed by atoms with van der Waals surface area (Å²) >= 11 is 0. The van der Waals surface area contributed by atoms with Crippen LogP contribution < -0.4 is 10.1 Å². The maximum Gasteiger partial charge on any atom is 0.124 e. The predicted octanol–water partition coefficient (Wildman–Crippen LogP) is 4.48. The highest BCUT2D eigenvalue weighted by Crippen LogP contribution is 2.34. The quantitative estimate of drug-likeness (QED) is 0.875. The molecule has 0 spiro atoms. The van der Waals surface area contributed by atoms with Gasteiger partial charge in [0, 0.05) is 11.6 Å². The van der Waals surface area contributed by atoms with Crippen LogP contribution >= 0.6 is 0 Å². The van der Waals surface area contributed by atoms with Gasteiger partial charge in [-0.05, 0) is 63.6 Å². The molecule has 1 aliphatic carbocycles. The van der Waals surface area contributed by atoms with Crippen molar-refractivity contribution in [2.45, 2.75) is 59.1 Å². The fourth-order valence-corrected chi connectivity index (χ4v) is 3.04. The molecule has 0 heterocycles. The van der Waals surface area contributed by atoms with Gasteiger partial charge in [-0.2, -0.15) is 0 Å². The van der Waals surface area contributed by atoms with E-state index in [0.717, 1.165) is 17.6 Å². The van der Waals surface area contributed by atoms with E-state index in [1.807, 2.05) is 7.05 Å². The van der Waals surface area contributed by atoms with Crippen molar-refractivity contribution < 1.29 is 4.74 Å². The summed E-state index contributed by atoms with van der Waals surface area (Å²) in [5.74, 6) is 2.67. The third kappa shape index (κ3) is 3.54. The molecule has 0 amide bonds. The lowest BCUT2D eigenvalue weighted by Gasteiger charge is -2.33. The molecule has 0 aliphatic heterocycles. The van der Waals surface area contributed by atoms with Crippen molar-refractivity contribution in [2.24, 2.45) is 11.8 Å². The van der Waals surface area contributed by atoms with Gasteiger partial charge in [-0.15, -0.1) is 0 Å². The number of rotatable bonds is 4. The lowest BCUT2D eigenvalue weighted by Crippen LogP contribution is -2.29. The monoisotopic (exact) mass is 275 g/mol. The highest BCUT2D eigenvalue weighted by molar-refractivity contribution is 5.39. The normalized spacial score (nSPS) is 28.1. The van der Waals surface area contributed by atoms with E-state index in [-0.39, 0.29) is 0 Å². The Morgan fingerprint density at radius 2 is 1.95 bits per heavy atom. The molecular weight excluding hydrogens is 246 g/mol. The number of benzene rings is 1. The first-order chi connectivity index (χ1) is 9.51. The number of hydrogen-bond donors (Lipinski definition) is 1. The van der Waals surface area contributed by atoms with Gasteiger partial charge in [0.25, 0.3) is 0 Å². The van der Waals surface area contributed by atoms with Gasteiger partial charge < -0.3 is 10.1 Å². The molecule has 4 unspecified atom stereocenters. The van der Waals surface area contributed by atoms with Crippen LogP contribution in [0.1, 0.15) is 57.2 Å². The minimum Gasteiger partial charge on any atom is -0.490 e. The Morgan fingerprint density at radius 1 is 1.20 bits per heavy atom. The molecule has 112 valence electrons. The Balaban J connectivity index is 2.14. The number of aryl methyl sites for hydroxylation is 1. The van der Waals surface area contributed by atoms with Crippen molar-refractivity contribution in [2.75, 3.05) is 7.05 Å². The van der Waals surface area contributed by atoms with Gasteiger partial charge in [-0.25, -0.2) is 0 Å². The summed E-state index contributed by atoms with van der Waals surface area (Å²) < 4.78 is 6.37. The van der Waals surface area contributed by atoms with E-state index in [2.05, 4.69) is 51.2 Å². The van der Waals surface area contributed by atoms with Gasteiger partial charge in [-0.1, -0.05) is 26.0 Å². The van der Waals surface area contributed by atoms with E-state index in [0.29, 0.717) is 12.1 Å². The fourth-order valence-electron chi connectivity index (χ4n) is 3.04. The summed E-state index contributed by atoms with van der Waals surface area (Å²) in [6, 6.07) is 6.87. The maximum absolute atomic E-state index is 6.37. The van der Waals surface area contributed by atoms with Crippen molar-refractivity contribution in [3.05, 3.63) is 29.3 Å². The Bertz CT molecular complexity index is 443. The van der Waals surface area contributed by atoms with Gasteiger partial charge >= 0.3 is 0 Å². The van der Waals surface area contributed by atoms with Crippen molar-refractivity contribution >= 4 is 0 Å². The van der Waals surface area contributed by atoms with E-state index in [1.165, 1.54) is 30.4 Å². The van der Waals surface area contributed by atoms with Crippen LogP contribution in [-0.4, -0.2) is 13.2 Å². The average Bonchev–Trinajstić information content (AvgIpc) is 2.42. The highest BCUT2D eigenvalue weighted by atomic mass is 16.5. The highest BCUT2D eigenvalue weighted by Gasteiger charge is 2.26. The van der Waals surface area contributed by atoms with Crippen molar-refractivity contribution in [3.8, 4) is 5.75 Å². The van der Waals surface area contributed by atoms with Crippen LogP contribution in [-0.2, 0) is 0 Å². The zero-order chi connectivity index (χ0) is 14.7. The van der Waals surface area contributed by atoms with Crippen molar-refractivity contribution in [1.29, 1.82) is 0 Å². The van der Waals surface area contributed by atoms with Crippen LogP contribution in [0, 0.1) is 18.8 Å². The number of hydrogen-bond acceptors (Lipinski definition) is 2. The molecular formula is C18H29NO. The van der Waals surface area contributed by atoms with Gasteiger partial charge in [0.1, 0.15) is 5.75 Å². The topological polar surface area (TPSA) is 21.3 Å². The summed E-state index contributed by atoms with van der Waals surface area (Å²) in [6.45, 7) is 9.03. The van der Waals surface area contributed by atoms with Gasteiger partial charge in [-0.3, -0.25) is 0 Å². The minimum atomic E-state index is 0.325. The third-order valence-electron chi connectivity index (χ3n) is 4.91. The largest absolute Gasteiger partial charge is 0.490 e. The molecule has 1 aromatic rings. The van der Waals surface area contributed by atoms with Crippen LogP contribution in [0.2, 0.25) is 0 Å². The van der Waals surface area contributed by atoms with E-state index in [9.17, 15) is 0 Å². The SMILES string of the molecule is CNC(C)c1ccc(C)cc1OC1CCC(C)C(C)C1. The molecule has 0 saturated heterocycles. The Kier molecular flexibility index (Phi) is 5.09. The molecule has 1 saturated carbocycles. The van der Waals surface area contributed by atoms with E-state index >= 15 is 0 Å². The molecule has 0 bridgehead atoms. The van der Waals surface area contributed by atoms with Gasteiger partial charge in [0.05, 0.1) is 6.10 Å². The third-order valence-corrected chi connectivity index (χ3v) is 4.91. The molecule has 1 aromatic carbocycles. The van der Waals surface area contributed by atoms with Crippen LogP contribution in [0.4, 0.5) is 0 Å². The summed E-state index contributed by atoms with van der Waals surface area (Å²) in [4.78, 5) is 0. The number of ether oxygens (including phenoxy) is 1. The second kappa shape index (κ2) is 6.62. The van der Waals surface area contributed by atoms with Crippen molar-refractivity contribution in [1.82, 2.24) is 5.32 Å². The first kappa shape index (κ1) is 15.4. The Morgan fingerprint density at radius 3 is 2.60 bits per heavy atom. The zero-order valence-electron chi connectivity index (χ0n) is 13.6. The average molecular weight is 275 g/mol. The summed E-state index contributed by atoms with van der Waals surface area (Å²) in [7, 11) is 2.00. The van der Waals surface area contributed by atoms with E-state index in [1.54, 1.807) is 0 Å². The summed E-state index contributed by atoms with van der Waals surface area (Å²) in [5.41, 5.74) is 2.54. The molecule has 2 rings (SSSR count). The standard InChI is InChI=1S/C18H29NO/c1-12-6-9-17(15(4)19-5)18(10-12)20-16-8-7-13(2)14(3)11-16/h6,9-10,13-16,19H,7-8,11H2,1-5H3. The van der Waals surface area contributed by atoms with E-state index < -0.39 is 0 Å². The molecule has 1 aliphatic rings. The second-order valence-corrected chi connectivity index (χ2v) is 6.56. The van der Waals surface area contributed by atoms with E-state index in [4.69, 9.17) is 4.74 Å². The fraction of sp³-hybridized carbons (Fsp3) is 0.667. The molecule has 0 radical (unpaired) electrons. The molecule has 1 N–H and O–H groups in total. The molecule has 2 heteroatoms. The van der Waals surface area contributed by atoms with Crippen LogP contribution in [0.3, 0.4) is 0 Å². The van der Waals surface area contributed by atoms with Crippen LogP contribution in [0.25, 0.3) is 0 Å². The smallest absolute Gasteiger partial charge is 0.124 e. The molecule has 0 aromatic heterocycles. The predicted molar refractivity (Wildman–Crippen MR) is 85.2 cm³/mol. The minimum absolute atomic E-state index is 0.325. The first-order valence-electron chi connectivity index (χ1n) is 7.95. The maximum atomic E-state index is 6.37. The molecule has 20 heavy (non-hydrogen) atoms. The van der Waals surface area contributed by atoms with Crippen LogP contribution in [0.5, 0.6) is 5.75 Å². The zero-order valence-corrected chi connectivity index (χ0v) is 13.6. The van der Waals surface area contributed by atoms with Crippen molar-refractivity contribution in [3.63, 3.8) is 0 Å². The molecule has 1 fully saturated rings. The lowest BCUT2D eigenvalue weighted by atomic mass is 9.80. The molecule has 2 nitrogen and oxygen atoms in total. The summed E-state index contributed by atoms with van der Waals surface area (Å²) in [5, 5.41) is 3.31. The lowest BCUT2D eigenvalue weighted by molar-refractivity contribution is 0.0992. The second-order valence-electron chi connectivity index (χ2n) is 6.56. The Hall–Kier alpha value is -1.02. The molecule has 4 atom stereocenters. The number of nitrogens with one attached hydrogen (secondary N) is 1. The van der Waals surface area contributed by atoms with Gasteiger partial charge in [0.15, 0.2) is 0 Å². The van der Waals surface area contributed by atoms with Crippen LogP contribution in [0.15, 0.2) is 18.2 Å². The Labute approximate surface area is 123 Å². The summed E-state index contributed by atoms with van der Waals surface area (Å²) in [6.07, 6.45) is 4.04. The first-order valence-corrected chi connectivity index (χ1v) is 7.95. The van der Waals surface area contributed by atoms with Gasteiger partial charge in [0.2, 0.25) is 0 Å².